The molecule has 0 saturated heterocycles. The molecule has 0 amide bonds. The van der Waals surface area contributed by atoms with E-state index in [9.17, 15) is 4.57 Å². The monoisotopic (exact) mass is 777 g/mol. The van der Waals surface area contributed by atoms with E-state index in [0.717, 1.165) is 25.7 Å². The lowest BCUT2D eigenvalue weighted by molar-refractivity contribution is 0.164. The van der Waals surface area contributed by atoms with Gasteiger partial charge in [-0.05, 0) is 78.1 Å². The van der Waals surface area contributed by atoms with Gasteiger partial charge in [0, 0.05) is 17.7 Å². The number of aliphatic hydroxyl groups excluding tert-OH is 2. The molecular weight excluding hydrogens is 688 g/mol. The highest BCUT2D eigenvalue weighted by atomic mass is 31.1. The molecule has 0 heterocycles. The second-order valence-electron chi connectivity index (χ2n) is 14.5. The molecule has 11 heteroatoms. The van der Waals surface area contributed by atoms with Crippen LogP contribution in [0.25, 0.3) is 0 Å². The van der Waals surface area contributed by atoms with E-state index in [1.165, 1.54) is 154 Å². The molecule has 6 N–H and O–H groups in total. The fourth-order valence-corrected chi connectivity index (χ4v) is 6.15. The van der Waals surface area contributed by atoms with Crippen molar-refractivity contribution in [3.05, 3.63) is 24.3 Å². The minimum Gasteiger partial charge on any atom is -0.402 e. The van der Waals surface area contributed by atoms with Crippen LogP contribution in [0.4, 0.5) is 0 Å². The van der Waals surface area contributed by atoms with Crippen LogP contribution < -0.4 is 5.32 Å². The summed E-state index contributed by atoms with van der Waals surface area (Å²) in [6.45, 7) is 10.2. The molecule has 0 aromatic rings. The quantitative estimate of drug-likeness (QED) is 0.0156. The van der Waals surface area contributed by atoms with Gasteiger partial charge in [-0.2, -0.15) is 0 Å². The van der Waals surface area contributed by atoms with Crippen LogP contribution >= 0.6 is 8.25 Å². The molecular formula is C42H88BNO8P+. The lowest BCUT2D eigenvalue weighted by atomic mass is 10.1. The van der Waals surface area contributed by atoms with E-state index < -0.39 is 15.6 Å². The van der Waals surface area contributed by atoms with Crippen molar-refractivity contribution in [2.24, 2.45) is 0 Å². The smallest absolute Gasteiger partial charge is 0.402 e. The molecule has 0 saturated carbocycles. The van der Waals surface area contributed by atoms with Crippen LogP contribution in [0.3, 0.4) is 0 Å². The van der Waals surface area contributed by atoms with E-state index in [1.54, 1.807) is 13.8 Å². The first-order chi connectivity index (χ1) is 25.7. The second kappa shape index (κ2) is 51.3. The Hall–Kier alpha value is -0.675. The van der Waals surface area contributed by atoms with Crippen molar-refractivity contribution in [1.29, 1.82) is 0 Å². The molecule has 0 bridgehead atoms. The maximum absolute atomic E-state index is 11.9. The normalized spacial score (nSPS) is 12.4. The van der Waals surface area contributed by atoms with Crippen molar-refractivity contribution >= 4 is 15.6 Å². The molecule has 316 valence electrons. The van der Waals surface area contributed by atoms with Gasteiger partial charge in [-0.15, -0.1) is 9.05 Å². The minimum absolute atomic E-state index is 0.330. The molecule has 53 heavy (non-hydrogen) atoms. The first-order valence-corrected chi connectivity index (χ1v) is 22.9. The van der Waals surface area contributed by atoms with Gasteiger partial charge in [0.2, 0.25) is 0 Å². The Bertz CT molecular complexity index is 687. The third-order valence-electron chi connectivity index (χ3n) is 8.59. The predicted octanol–water partition coefficient (Wildman–Crippen LogP) is 11.0. The molecule has 0 aliphatic heterocycles. The highest BCUT2D eigenvalue weighted by Crippen LogP contribution is 2.25. The molecule has 0 aromatic heterocycles. The third kappa shape index (κ3) is 66.5. The van der Waals surface area contributed by atoms with Gasteiger partial charge >= 0.3 is 15.6 Å². The highest BCUT2D eigenvalue weighted by molar-refractivity contribution is 7.33. The van der Waals surface area contributed by atoms with Crippen molar-refractivity contribution in [3.63, 3.8) is 0 Å². The number of hydrogen-bond acceptors (Lipinski definition) is 9. The lowest BCUT2D eigenvalue weighted by Gasteiger charge is -2.07. The summed E-state index contributed by atoms with van der Waals surface area (Å²) in [5.41, 5.74) is 0. The predicted molar refractivity (Wildman–Crippen MR) is 227 cm³/mol. The van der Waals surface area contributed by atoms with E-state index in [-0.39, 0.29) is 12.2 Å². The summed E-state index contributed by atoms with van der Waals surface area (Å²) in [5, 5.41) is 41.8. The lowest BCUT2D eigenvalue weighted by Crippen LogP contribution is -2.30. The molecule has 0 spiro atoms. The third-order valence-corrected chi connectivity index (χ3v) is 9.37. The maximum atomic E-state index is 11.9. The molecule has 2 atom stereocenters. The number of hydrogen-bond donors (Lipinski definition) is 6. The van der Waals surface area contributed by atoms with Gasteiger partial charge in [0.25, 0.3) is 0 Å². The standard InChI is InChI=1S/C36H70O3P.C6H15NO2.BH3O3/c1-3-5-7-9-11-13-15-17-19-21-23-25-27-29-31-33-35-38-40(37)39-36-34-32-30-28-26-24-22-20-18-16-14-12-10-8-6-4-2;1-5(8)3-7-4-6(2)9;2-1(3)4/h17-20H,3-16,21-36H2,1-2H3;5-9H,3-4H2,1-2H3;2-4H/q+1;;/b19-17+,20-18+;;. The molecule has 0 fully saturated rings. The summed E-state index contributed by atoms with van der Waals surface area (Å²) in [6, 6.07) is 0. The second-order valence-corrected chi connectivity index (χ2v) is 15.4. The summed E-state index contributed by atoms with van der Waals surface area (Å²) >= 11 is 0. The Labute approximate surface area is 329 Å². The van der Waals surface area contributed by atoms with Gasteiger partial charge in [-0.25, -0.2) is 0 Å². The highest BCUT2D eigenvalue weighted by Gasteiger charge is 2.18. The van der Waals surface area contributed by atoms with Crippen molar-refractivity contribution in [2.75, 3.05) is 26.3 Å². The van der Waals surface area contributed by atoms with Crippen molar-refractivity contribution in [1.82, 2.24) is 5.32 Å². The summed E-state index contributed by atoms with van der Waals surface area (Å²) in [4.78, 5) is 0. The van der Waals surface area contributed by atoms with Crippen LogP contribution in [0.1, 0.15) is 207 Å². The zero-order chi connectivity index (χ0) is 39.9. The van der Waals surface area contributed by atoms with Crippen molar-refractivity contribution < 1.29 is 38.9 Å². The molecule has 0 rings (SSSR count). The van der Waals surface area contributed by atoms with Crippen LogP contribution in [0.5, 0.6) is 0 Å². The van der Waals surface area contributed by atoms with E-state index in [1.807, 2.05) is 0 Å². The van der Waals surface area contributed by atoms with Crippen LogP contribution in [0, 0.1) is 0 Å². The van der Waals surface area contributed by atoms with Crippen LogP contribution in [-0.2, 0) is 13.6 Å². The molecule has 0 aliphatic rings. The van der Waals surface area contributed by atoms with Crippen LogP contribution in [-0.4, -0.2) is 71.1 Å². The van der Waals surface area contributed by atoms with Gasteiger partial charge < -0.3 is 30.6 Å². The average Bonchev–Trinajstić information content (AvgIpc) is 3.10. The maximum Gasteiger partial charge on any atom is 0.697 e. The fourth-order valence-electron chi connectivity index (χ4n) is 5.52. The number of aliphatic hydroxyl groups is 2. The number of unbranched alkanes of at least 4 members (excludes halogenated alkanes) is 24. The minimum atomic E-state index is -2.17. The zero-order valence-electron chi connectivity index (χ0n) is 35.1. The fraction of sp³-hybridized carbons (Fsp3) is 0.905. The van der Waals surface area contributed by atoms with Gasteiger partial charge in [-0.1, -0.05) is 154 Å². The van der Waals surface area contributed by atoms with E-state index in [4.69, 9.17) is 34.3 Å². The van der Waals surface area contributed by atoms with E-state index in [0.29, 0.717) is 26.3 Å². The Morgan fingerprint density at radius 1 is 0.491 bits per heavy atom. The van der Waals surface area contributed by atoms with Gasteiger partial charge in [0.15, 0.2) is 0 Å². The summed E-state index contributed by atoms with van der Waals surface area (Å²) in [6.07, 6.45) is 45.1. The first kappa shape index (κ1) is 56.7. The van der Waals surface area contributed by atoms with Crippen molar-refractivity contribution in [2.45, 2.75) is 220 Å². The Morgan fingerprint density at radius 2 is 0.736 bits per heavy atom. The molecule has 0 radical (unpaired) electrons. The summed E-state index contributed by atoms with van der Waals surface area (Å²) < 4.78 is 22.6. The molecule has 0 aliphatic carbocycles. The van der Waals surface area contributed by atoms with Gasteiger partial charge in [0.1, 0.15) is 13.2 Å². The van der Waals surface area contributed by atoms with Gasteiger partial charge in [0.05, 0.1) is 12.2 Å². The molecule has 2 unspecified atom stereocenters. The first-order valence-electron chi connectivity index (χ1n) is 21.8. The molecule has 0 aromatic carbocycles. The largest absolute Gasteiger partial charge is 0.697 e. The summed E-state index contributed by atoms with van der Waals surface area (Å²) in [5.74, 6) is 0. The Balaban J connectivity index is -0.00000162. The van der Waals surface area contributed by atoms with Crippen LogP contribution in [0.15, 0.2) is 24.3 Å². The Kier molecular flexibility index (Phi) is 54.9. The number of allylic oxidation sites excluding steroid dienone is 4. The van der Waals surface area contributed by atoms with E-state index >= 15 is 0 Å². The topological polar surface area (TPSA) is 149 Å². The zero-order valence-corrected chi connectivity index (χ0v) is 36.0. The molecule has 9 nitrogen and oxygen atoms in total. The summed E-state index contributed by atoms with van der Waals surface area (Å²) in [7, 11) is -4.10. The average molecular weight is 777 g/mol. The number of rotatable bonds is 38. The van der Waals surface area contributed by atoms with Crippen molar-refractivity contribution in [3.8, 4) is 0 Å². The number of nitrogens with one attached hydrogen (secondary N) is 1. The Morgan fingerprint density at radius 3 is 1.00 bits per heavy atom. The van der Waals surface area contributed by atoms with E-state index in [2.05, 4.69) is 43.5 Å². The SMILES string of the molecule is CC(O)CNCC(C)O.CCCCCCCC/C=C/CCCCCCCCO[P+](=O)OCCCCCCCC/C=C/CCCCCCCC.OB(O)O. The van der Waals surface area contributed by atoms with Gasteiger partial charge in [-0.3, -0.25) is 0 Å². The van der Waals surface area contributed by atoms with Crippen LogP contribution in [0.2, 0.25) is 0 Å².